The zero-order chi connectivity index (χ0) is 15.8. The summed E-state index contributed by atoms with van der Waals surface area (Å²) in [5.74, 6) is -1.05. The predicted molar refractivity (Wildman–Crippen MR) is 84.5 cm³/mol. The molecule has 0 atom stereocenters. The normalized spacial score (nSPS) is 11.1. The van der Waals surface area contributed by atoms with Crippen molar-refractivity contribution >= 4 is 22.5 Å². The number of hydrogen-bond acceptors (Lipinski definition) is 4. The Labute approximate surface area is 131 Å². The zero-order valence-electron chi connectivity index (χ0n) is 12.0. The second-order valence-corrected chi connectivity index (χ2v) is 5.25. The maximum atomic E-state index is 11.1. The van der Waals surface area contributed by atoms with Crippen LogP contribution < -0.4 is 0 Å². The molecule has 4 rings (SSSR count). The van der Waals surface area contributed by atoms with Crippen molar-refractivity contribution in [3.05, 3.63) is 71.8 Å². The van der Waals surface area contributed by atoms with Gasteiger partial charge in [-0.05, 0) is 35.9 Å². The number of fused-ring (bicyclic) bond motifs is 2. The SMILES string of the molecule is O=C(O)c1ccc2ncc(Cc3ccc4ncccc4c3)n2n1. The fourth-order valence-electron chi connectivity index (χ4n) is 2.60. The van der Waals surface area contributed by atoms with E-state index in [1.54, 1.807) is 23.0 Å². The first-order valence-electron chi connectivity index (χ1n) is 7.11. The Hall–Kier alpha value is -3.28. The van der Waals surface area contributed by atoms with Crippen molar-refractivity contribution < 1.29 is 9.90 Å². The fraction of sp³-hybridized carbons (Fsp3) is 0.0588. The van der Waals surface area contributed by atoms with Gasteiger partial charge in [-0.1, -0.05) is 12.1 Å². The van der Waals surface area contributed by atoms with E-state index in [0.29, 0.717) is 12.1 Å². The molecular weight excluding hydrogens is 292 g/mol. The number of carbonyl (C=O) groups is 1. The monoisotopic (exact) mass is 304 g/mol. The zero-order valence-corrected chi connectivity index (χ0v) is 12.0. The fourth-order valence-corrected chi connectivity index (χ4v) is 2.60. The first kappa shape index (κ1) is 13.4. The molecule has 6 heteroatoms. The third-order valence-corrected chi connectivity index (χ3v) is 3.70. The molecule has 112 valence electrons. The van der Waals surface area contributed by atoms with Crippen LogP contribution in [-0.2, 0) is 6.42 Å². The quantitative estimate of drug-likeness (QED) is 0.629. The van der Waals surface area contributed by atoms with Gasteiger partial charge in [0.15, 0.2) is 11.3 Å². The lowest BCUT2D eigenvalue weighted by molar-refractivity contribution is 0.0689. The second kappa shape index (κ2) is 5.17. The molecular formula is C17H12N4O2. The molecule has 3 aromatic heterocycles. The van der Waals surface area contributed by atoms with Crippen LogP contribution in [-0.4, -0.2) is 30.7 Å². The number of carboxylic acids is 1. The average Bonchev–Trinajstić information content (AvgIpc) is 2.97. The van der Waals surface area contributed by atoms with Crippen molar-refractivity contribution in [3.63, 3.8) is 0 Å². The Morgan fingerprint density at radius 3 is 2.91 bits per heavy atom. The van der Waals surface area contributed by atoms with Gasteiger partial charge in [0.25, 0.3) is 0 Å². The number of nitrogens with zero attached hydrogens (tertiary/aromatic N) is 4. The molecule has 23 heavy (non-hydrogen) atoms. The van der Waals surface area contributed by atoms with E-state index in [1.165, 1.54) is 6.07 Å². The van der Waals surface area contributed by atoms with Gasteiger partial charge in [0.05, 0.1) is 17.4 Å². The number of benzene rings is 1. The smallest absolute Gasteiger partial charge is 0.356 e. The van der Waals surface area contributed by atoms with E-state index in [2.05, 4.69) is 21.1 Å². The number of carboxylic acid groups (broad SMARTS) is 1. The second-order valence-electron chi connectivity index (χ2n) is 5.25. The van der Waals surface area contributed by atoms with Crippen LogP contribution in [0.5, 0.6) is 0 Å². The van der Waals surface area contributed by atoms with Crippen molar-refractivity contribution in [3.8, 4) is 0 Å². The highest BCUT2D eigenvalue weighted by Crippen LogP contribution is 2.17. The Kier molecular flexibility index (Phi) is 3.01. The van der Waals surface area contributed by atoms with Gasteiger partial charge in [-0.3, -0.25) is 4.98 Å². The summed E-state index contributed by atoms with van der Waals surface area (Å²) in [7, 11) is 0. The highest BCUT2D eigenvalue weighted by Gasteiger charge is 2.10. The number of imidazole rings is 1. The molecule has 0 saturated carbocycles. The van der Waals surface area contributed by atoms with Gasteiger partial charge >= 0.3 is 5.97 Å². The van der Waals surface area contributed by atoms with Crippen molar-refractivity contribution in [1.29, 1.82) is 0 Å². The average molecular weight is 304 g/mol. The van der Waals surface area contributed by atoms with Crippen molar-refractivity contribution in [2.24, 2.45) is 0 Å². The summed E-state index contributed by atoms with van der Waals surface area (Å²) in [4.78, 5) is 19.7. The minimum atomic E-state index is -1.05. The Bertz CT molecular complexity index is 1040. The standard InChI is InChI=1S/C17H12N4O2/c22-17(23)15-5-6-16-19-10-13(21(16)20-15)9-11-3-4-14-12(8-11)2-1-7-18-14/h1-8,10H,9H2,(H,22,23). The van der Waals surface area contributed by atoms with Crippen LogP contribution in [0.15, 0.2) is 54.9 Å². The van der Waals surface area contributed by atoms with Gasteiger partial charge < -0.3 is 5.11 Å². The van der Waals surface area contributed by atoms with Gasteiger partial charge in [0, 0.05) is 18.0 Å². The molecule has 1 aromatic carbocycles. The minimum absolute atomic E-state index is 0.000499. The van der Waals surface area contributed by atoms with Crippen LogP contribution in [0.3, 0.4) is 0 Å². The van der Waals surface area contributed by atoms with E-state index in [9.17, 15) is 4.79 Å². The molecule has 4 aromatic rings. The van der Waals surface area contributed by atoms with Crippen LogP contribution in [0.2, 0.25) is 0 Å². The minimum Gasteiger partial charge on any atom is -0.476 e. The molecule has 6 nitrogen and oxygen atoms in total. The maximum Gasteiger partial charge on any atom is 0.356 e. The molecule has 0 aliphatic carbocycles. The predicted octanol–water partition coefficient (Wildman–Crippen LogP) is 2.57. The first-order valence-corrected chi connectivity index (χ1v) is 7.11. The van der Waals surface area contributed by atoms with E-state index < -0.39 is 5.97 Å². The van der Waals surface area contributed by atoms with Gasteiger partial charge in [0.2, 0.25) is 0 Å². The van der Waals surface area contributed by atoms with Crippen molar-refractivity contribution in [1.82, 2.24) is 19.6 Å². The Morgan fingerprint density at radius 1 is 1.13 bits per heavy atom. The van der Waals surface area contributed by atoms with Crippen LogP contribution in [0, 0.1) is 0 Å². The molecule has 0 radical (unpaired) electrons. The summed E-state index contributed by atoms with van der Waals surface area (Å²) in [6.45, 7) is 0. The summed E-state index contributed by atoms with van der Waals surface area (Å²) in [6, 6.07) is 13.1. The number of rotatable bonds is 3. The van der Waals surface area contributed by atoms with E-state index in [-0.39, 0.29) is 5.69 Å². The lowest BCUT2D eigenvalue weighted by Gasteiger charge is -2.04. The lowest BCUT2D eigenvalue weighted by Crippen LogP contribution is -2.06. The van der Waals surface area contributed by atoms with Crippen LogP contribution >= 0.6 is 0 Å². The lowest BCUT2D eigenvalue weighted by atomic mass is 10.1. The van der Waals surface area contributed by atoms with E-state index >= 15 is 0 Å². The summed E-state index contributed by atoms with van der Waals surface area (Å²) in [5.41, 5.74) is 3.51. The summed E-state index contributed by atoms with van der Waals surface area (Å²) in [6.07, 6.45) is 4.10. The van der Waals surface area contributed by atoms with E-state index in [0.717, 1.165) is 22.2 Å². The maximum absolute atomic E-state index is 11.1. The molecule has 0 bridgehead atoms. The summed E-state index contributed by atoms with van der Waals surface area (Å²) < 4.78 is 1.58. The van der Waals surface area contributed by atoms with Crippen LogP contribution in [0.4, 0.5) is 0 Å². The molecule has 0 unspecified atom stereocenters. The molecule has 0 aliphatic heterocycles. The van der Waals surface area contributed by atoms with Crippen LogP contribution in [0.1, 0.15) is 21.7 Å². The number of pyridine rings is 1. The molecule has 0 spiro atoms. The first-order chi connectivity index (χ1) is 11.2. The molecule has 0 saturated heterocycles. The molecule has 1 N–H and O–H groups in total. The molecule has 0 amide bonds. The topological polar surface area (TPSA) is 80.4 Å². The highest BCUT2D eigenvalue weighted by atomic mass is 16.4. The molecule has 0 aliphatic rings. The molecule has 3 heterocycles. The molecule has 0 fully saturated rings. The van der Waals surface area contributed by atoms with Crippen molar-refractivity contribution in [2.45, 2.75) is 6.42 Å². The largest absolute Gasteiger partial charge is 0.476 e. The van der Waals surface area contributed by atoms with Gasteiger partial charge in [-0.15, -0.1) is 0 Å². The van der Waals surface area contributed by atoms with E-state index in [4.69, 9.17) is 5.11 Å². The van der Waals surface area contributed by atoms with Gasteiger partial charge in [0.1, 0.15) is 0 Å². The van der Waals surface area contributed by atoms with E-state index in [1.807, 2.05) is 24.3 Å². The van der Waals surface area contributed by atoms with Crippen LogP contribution in [0.25, 0.3) is 16.6 Å². The summed E-state index contributed by atoms with van der Waals surface area (Å²) >= 11 is 0. The number of hydrogen-bond donors (Lipinski definition) is 1. The summed E-state index contributed by atoms with van der Waals surface area (Å²) in [5, 5.41) is 14.3. The number of aromatic carboxylic acids is 1. The third-order valence-electron chi connectivity index (χ3n) is 3.70. The Morgan fingerprint density at radius 2 is 2.04 bits per heavy atom. The highest BCUT2D eigenvalue weighted by molar-refractivity contribution is 5.85. The number of aromatic nitrogens is 4. The van der Waals surface area contributed by atoms with Crippen molar-refractivity contribution in [2.75, 3.05) is 0 Å². The third kappa shape index (κ3) is 2.40. The van der Waals surface area contributed by atoms with Gasteiger partial charge in [-0.25, -0.2) is 14.3 Å². The Balaban J connectivity index is 1.76. The van der Waals surface area contributed by atoms with Gasteiger partial charge in [-0.2, -0.15) is 5.10 Å².